The van der Waals surface area contributed by atoms with Crippen LogP contribution in [0.25, 0.3) is 6.08 Å². The third-order valence-electron chi connectivity index (χ3n) is 8.88. The molecule has 202 valence electrons. The van der Waals surface area contributed by atoms with E-state index >= 15 is 0 Å². The van der Waals surface area contributed by atoms with Crippen LogP contribution in [0.2, 0.25) is 0 Å². The third kappa shape index (κ3) is 6.67. The molecule has 0 N–H and O–H groups in total. The number of hydrogen-bond acceptors (Lipinski definition) is 0. The van der Waals surface area contributed by atoms with Gasteiger partial charge in [0.15, 0.2) is 23.3 Å². The molecule has 0 heterocycles. The molecule has 2 fully saturated rings. The fourth-order valence-electron chi connectivity index (χ4n) is 6.54. The Morgan fingerprint density at radius 2 is 1.27 bits per heavy atom. The average Bonchev–Trinajstić information content (AvgIpc) is 2.92. The summed E-state index contributed by atoms with van der Waals surface area (Å²) < 4.78 is 59.2. The Kier molecular flexibility index (Phi) is 9.90. The monoisotopic (exact) mass is 514 g/mol. The van der Waals surface area contributed by atoms with E-state index in [0.29, 0.717) is 28.7 Å². The zero-order valence-corrected chi connectivity index (χ0v) is 22.5. The number of allylic oxidation sites excluding steroid dienone is 1. The molecule has 4 rings (SSSR count). The van der Waals surface area contributed by atoms with Crippen molar-refractivity contribution >= 4 is 6.08 Å². The summed E-state index contributed by atoms with van der Waals surface area (Å²) in [5, 5.41) is 0. The highest BCUT2D eigenvalue weighted by Crippen LogP contribution is 2.40. The molecule has 2 aromatic carbocycles. The molecule has 0 spiro atoms. The Labute approximate surface area is 220 Å². The van der Waals surface area contributed by atoms with Crippen molar-refractivity contribution in [2.24, 2.45) is 11.8 Å². The molecule has 0 saturated heterocycles. The van der Waals surface area contributed by atoms with Crippen molar-refractivity contribution in [2.45, 2.75) is 109 Å². The second-order valence-electron chi connectivity index (χ2n) is 11.4. The molecule has 0 nitrogen and oxygen atoms in total. The first-order valence-electron chi connectivity index (χ1n) is 14.6. The van der Waals surface area contributed by atoms with Crippen molar-refractivity contribution in [1.82, 2.24) is 0 Å². The van der Waals surface area contributed by atoms with Crippen LogP contribution in [0, 0.1) is 35.1 Å². The summed E-state index contributed by atoms with van der Waals surface area (Å²) in [4.78, 5) is 0. The Hall–Kier alpha value is -2.10. The minimum atomic E-state index is -0.751. The van der Waals surface area contributed by atoms with Gasteiger partial charge in [-0.3, -0.25) is 0 Å². The van der Waals surface area contributed by atoms with Gasteiger partial charge in [-0.1, -0.05) is 69.5 Å². The van der Waals surface area contributed by atoms with Gasteiger partial charge >= 0.3 is 0 Å². The number of aryl methyl sites for hydroxylation is 1. The van der Waals surface area contributed by atoms with E-state index in [1.165, 1.54) is 12.8 Å². The molecular formula is C33H42F4. The minimum absolute atomic E-state index is 0.000237. The smallest absolute Gasteiger partial charge is 0.166 e. The van der Waals surface area contributed by atoms with Gasteiger partial charge in [0.25, 0.3) is 0 Å². The van der Waals surface area contributed by atoms with E-state index < -0.39 is 23.3 Å². The highest BCUT2D eigenvalue weighted by molar-refractivity contribution is 5.52. The number of halogens is 4. The molecule has 0 radical (unpaired) electrons. The van der Waals surface area contributed by atoms with Crippen LogP contribution in [0.3, 0.4) is 0 Å². The van der Waals surface area contributed by atoms with Gasteiger partial charge in [0.2, 0.25) is 0 Å². The summed E-state index contributed by atoms with van der Waals surface area (Å²) in [7, 11) is 0. The van der Waals surface area contributed by atoms with Crippen LogP contribution in [0.1, 0.15) is 125 Å². The summed E-state index contributed by atoms with van der Waals surface area (Å²) in [6.45, 7) is 4.24. The molecule has 0 unspecified atom stereocenters. The topological polar surface area (TPSA) is 0 Å². The summed E-state index contributed by atoms with van der Waals surface area (Å²) in [5.41, 5.74) is 1.76. The van der Waals surface area contributed by atoms with Crippen LogP contribution in [0.5, 0.6) is 0 Å². The van der Waals surface area contributed by atoms with E-state index in [4.69, 9.17) is 0 Å². The lowest BCUT2D eigenvalue weighted by Crippen LogP contribution is -2.15. The lowest BCUT2D eigenvalue weighted by atomic mass is 9.77. The molecule has 37 heavy (non-hydrogen) atoms. The second kappa shape index (κ2) is 13.1. The largest absolute Gasteiger partial charge is 0.203 e. The predicted molar refractivity (Wildman–Crippen MR) is 145 cm³/mol. The van der Waals surface area contributed by atoms with Gasteiger partial charge in [0, 0.05) is 5.56 Å². The van der Waals surface area contributed by atoms with Crippen molar-refractivity contribution in [3.05, 3.63) is 75.9 Å². The van der Waals surface area contributed by atoms with Crippen molar-refractivity contribution in [3.8, 4) is 0 Å². The molecule has 2 aromatic rings. The summed E-state index contributed by atoms with van der Waals surface area (Å²) in [6, 6.07) is 7.00. The van der Waals surface area contributed by atoms with Crippen LogP contribution < -0.4 is 0 Å². The third-order valence-corrected chi connectivity index (χ3v) is 8.88. The van der Waals surface area contributed by atoms with Gasteiger partial charge in [-0.05, 0) is 105 Å². The fraction of sp³-hybridized carbons (Fsp3) is 0.576. The summed E-state index contributed by atoms with van der Waals surface area (Å²) in [6.07, 6.45) is 15.7. The second-order valence-corrected chi connectivity index (χ2v) is 11.4. The summed E-state index contributed by atoms with van der Waals surface area (Å²) in [5.74, 6) is -1.76. The van der Waals surface area contributed by atoms with Gasteiger partial charge in [-0.15, -0.1) is 0 Å². The first-order valence-corrected chi connectivity index (χ1v) is 14.6. The highest BCUT2D eigenvalue weighted by Gasteiger charge is 2.27. The number of unbranched alkanes of at least 4 members (excludes halogenated alkanes) is 1. The lowest BCUT2D eigenvalue weighted by molar-refractivity contribution is 0.303. The molecule has 0 atom stereocenters. The fourth-order valence-corrected chi connectivity index (χ4v) is 6.54. The summed E-state index contributed by atoms with van der Waals surface area (Å²) >= 11 is 0. The average molecular weight is 515 g/mol. The van der Waals surface area contributed by atoms with E-state index in [9.17, 15) is 17.6 Å². The Morgan fingerprint density at radius 3 is 1.89 bits per heavy atom. The molecule has 2 aliphatic carbocycles. The first kappa shape index (κ1) is 27.9. The van der Waals surface area contributed by atoms with Crippen LogP contribution >= 0.6 is 0 Å². The number of hydrogen-bond donors (Lipinski definition) is 0. The molecule has 2 saturated carbocycles. The highest BCUT2D eigenvalue weighted by atomic mass is 19.2. The maximum absolute atomic E-state index is 15.0. The normalized spacial score (nSPS) is 24.6. The van der Waals surface area contributed by atoms with Crippen LogP contribution in [0.15, 0.2) is 30.3 Å². The van der Waals surface area contributed by atoms with E-state index in [1.807, 2.05) is 13.0 Å². The standard InChI is InChI=1S/C33H42F4/c1-3-5-7-26-18-20-28(32(36)30(26)34)25-15-10-23(11-16-25)12-17-27-19-21-29(33(37)31(27)35)24-13-8-22(6-4-2)9-14-24/h12,17-25H,3-11,13-16H2,1-2H3/b17-12+. The lowest BCUT2D eigenvalue weighted by Gasteiger charge is -2.29. The van der Waals surface area contributed by atoms with Gasteiger partial charge in [0.1, 0.15) is 0 Å². The van der Waals surface area contributed by atoms with E-state index in [0.717, 1.165) is 70.1 Å². The quantitative estimate of drug-likeness (QED) is 0.292. The van der Waals surface area contributed by atoms with Crippen molar-refractivity contribution in [1.29, 1.82) is 0 Å². The molecule has 0 aromatic heterocycles. The Bertz CT molecular complexity index is 1060. The van der Waals surface area contributed by atoms with Gasteiger partial charge in [0.05, 0.1) is 0 Å². The zero-order valence-electron chi connectivity index (χ0n) is 22.5. The van der Waals surface area contributed by atoms with Crippen molar-refractivity contribution in [2.75, 3.05) is 0 Å². The minimum Gasteiger partial charge on any atom is -0.203 e. The number of benzene rings is 2. The van der Waals surface area contributed by atoms with Crippen LogP contribution in [0.4, 0.5) is 17.6 Å². The molecule has 0 amide bonds. The van der Waals surface area contributed by atoms with Crippen molar-refractivity contribution < 1.29 is 17.6 Å². The van der Waals surface area contributed by atoms with Gasteiger partial charge < -0.3 is 0 Å². The van der Waals surface area contributed by atoms with E-state index in [2.05, 4.69) is 6.92 Å². The molecule has 0 aliphatic heterocycles. The maximum atomic E-state index is 15.0. The van der Waals surface area contributed by atoms with Crippen LogP contribution in [-0.2, 0) is 6.42 Å². The molecule has 4 heteroatoms. The van der Waals surface area contributed by atoms with Crippen molar-refractivity contribution in [3.63, 3.8) is 0 Å². The van der Waals surface area contributed by atoms with Crippen LogP contribution in [-0.4, -0.2) is 0 Å². The van der Waals surface area contributed by atoms with Gasteiger partial charge in [-0.2, -0.15) is 0 Å². The van der Waals surface area contributed by atoms with E-state index in [1.54, 1.807) is 30.3 Å². The van der Waals surface area contributed by atoms with E-state index in [-0.39, 0.29) is 17.8 Å². The zero-order chi connectivity index (χ0) is 26.4. The molecular weight excluding hydrogens is 472 g/mol. The predicted octanol–water partition coefficient (Wildman–Crippen LogP) is 10.6. The van der Waals surface area contributed by atoms with Gasteiger partial charge in [-0.25, -0.2) is 17.6 Å². The maximum Gasteiger partial charge on any atom is 0.166 e. The first-order chi connectivity index (χ1) is 17.9. The Balaban J connectivity index is 1.34. The Morgan fingerprint density at radius 1 is 0.676 bits per heavy atom. The number of rotatable bonds is 9. The molecule has 0 bridgehead atoms. The molecule has 2 aliphatic rings. The SMILES string of the molecule is CCCCc1ccc(C2CCC(/C=C/c3ccc(C4CCC(CCC)CC4)c(F)c3F)CC2)c(F)c1F.